The van der Waals surface area contributed by atoms with E-state index in [2.05, 4.69) is 39.5 Å². The lowest BCUT2D eigenvalue weighted by Gasteiger charge is -2.32. The maximum absolute atomic E-state index is 12.4. The van der Waals surface area contributed by atoms with Crippen LogP contribution in [0.4, 0.5) is 16.5 Å². The van der Waals surface area contributed by atoms with Crippen molar-refractivity contribution in [1.82, 2.24) is 4.98 Å². The predicted octanol–water partition coefficient (Wildman–Crippen LogP) is 6.29. The average molecular weight is 502 g/mol. The predicted molar refractivity (Wildman–Crippen MR) is 141 cm³/mol. The molecule has 6 nitrogen and oxygen atoms in total. The van der Waals surface area contributed by atoms with Crippen molar-refractivity contribution >= 4 is 51.5 Å². The second kappa shape index (κ2) is 10.3. The number of aromatic nitrogens is 1. The molecule has 0 bridgehead atoms. The fourth-order valence-electron chi connectivity index (χ4n) is 3.79. The molecule has 1 N–H and O–H groups in total. The molecule has 0 spiro atoms. The Morgan fingerprint density at radius 2 is 1.60 bits per heavy atom. The van der Waals surface area contributed by atoms with Crippen molar-refractivity contribution in [1.29, 1.82) is 0 Å². The van der Waals surface area contributed by atoms with E-state index in [1.54, 1.807) is 11.8 Å². The number of esters is 1. The number of fused-ring (bicyclic) bond motifs is 2. The highest BCUT2D eigenvalue weighted by atomic mass is 32.2. The van der Waals surface area contributed by atoms with Crippen LogP contribution in [-0.4, -0.2) is 30.0 Å². The molecule has 1 aromatic heterocycles. The molecule has 0 unspecified atom stereocenters. The summed E-state index contributed by atoms with van der Waals surface area (Å²) in [5.74, 6) is -0.832. The Balaban J connectivity index is 1.14. The number of amides is 1. The van der Waals surface area contributed by atoms with Gasteiger partial charge in [0.05, 0.1) is 23.5 Å². The van der Waals surface area contributed by atoms with Crippen LogP contribution in [0.3, 0.4) is 0 Å². The average Bonchev–Trinajstić information content (AvgIpc) is 3.34. The van der Waals surface area contributed by atoms with E-state index in [0.29, 0.717) is 11.7 Å². The number of hydrogen-bond donors (Lipinski definition) is 1. The minimum absolute atomic E-state index is 0.162. The Bertz CT molecular complexity index is 1320. The lowest BCUT2D eigenvalue weighted by molar-refractivity contribution is -0.147. The maximum Gasteiger partial charge on any atom is 0.308 e. The number of thiazole rings is 1. The SMILES string of the molecule is Cc1ccc(-c2csc(NC(=O)COC(=O)CCN3c4ccccc4Sc4ccccc43)n2)cc1. The first-order chi connectivity index (χ1) is 17.1. The van der Waals surface area contributed by atoms with E-state index in [0.717, 1.165) is 32.4 Å². The molecule has 8 heteroatoms. The van der Waals surface area contributed by atoms with Gasteiger partial charge in [-0.15, -0.1) is 11.3 Å². The lowest BCUT2D eigenvalue weighted by atomic mass is 10.1. The van der Waals surface area contributed by atoms with Crippen LogP contribution in [0.25, 0.3) is 11.3 Å². The van der Waals surface area contributed by atoms with Crippen molar-refractivity contribution in [3.8, 4) is 11.3 Å². The summed E-state index contributed by atoms with van der Waals surface area (Å²) in [5.41, 5.74) is 5.08. The van der Waals surface area contributed by atoms with E-state index < -0.39 is 11.9 Å². The molecule has 4 aromatic rings. The third kappa shape index (κ3) is 5.39. The molecular weight excluding hydrogens is 478 g/mol. The molecule has 0 saturated heterocycles. The van der Waals surface area contributed by atoms with Gasteiger partial charge in [-0.2, -0.15) is 0 Å². The number of aryl methyl sites for hydroxylation is 1. The summed E-state index contributed by atoms with van der Waals surface area (Å²) < 4.78 is 5.24. The zero-order valence-corrected chi connectivity index (χ0v) is 20.7. The summed E-state index contributed by atoms with van der Waals surface area (Å²) in [4.78, 5) is 33.6. The Labute approximate surface area is 212 Å². The summed E-state index contributed by atoms with van der Waals surface area (Å²) in [7, 11) is 0. The summed E-state index contributed by atoms with van der Waals surface area (Å²) in [5, 5.41) is 5.07. The Morgan fingerprint density at radius 1 is 0.943 bits per heavy atom. The number of para-hydroxylation sites is 2. The minimum Gasteiger partial charge on any atom is -0.456 e. The van der Waals surface area contributed by atoms with Gasteiger partial charge in [-0.3, -0.25) is 14.9 Å². The number of rotatable bonds is 7. The zero-order valence-electron chi connectivity index (χ0n) is 19.1. The van der Waals surface area contributed by atoms with Crippen LogP contribution in [-0.2, 0) is 14.3 Å². The van der Waals surface area contributed by atoms with E-state index in [4.69, 9.17) is 4.74 Å². The molecule has 5 rings (SSSR count). The van der Waals surface area contributed by atoms with Crippen molar-refractivity contribution in [2.75, 3.05) is 23.4 Å². The highest BCUT2D eigenvalue weighted by molar-refractivity contribution is 7.99. The molecule has 1 aliphatic rings. The third-order valence-electron chi connectivity index (χ3n) is 5.53. The Hall–Kier alpha value is -3.62. The number of benzene rings is 3. The van der Waals surface area contributed by atoms with Gasteiger partial charge in [0.1, 0.15) is 0 Å². The third-order valence-corrected chi connectivity index (χ3v) is 7.42. The highest BCUT2D eigenvalue weighted by Gasteiger charge is 2.23. The first-order valence-electron chi connectivity index (χ1n) is 11.2. The molecule has 0 aliphatic carbocycles. The fourth-order valence-corrected chi connectivity index (χ4v) is 5.62. The molecule has 0 fully saturated rings. The normalized spacial score (nSPS) is 12.0. The van der Waals surface area contributed by atoms with Crippen LogP contribution >= 0.6 is 23.1 Å². The van der Waals surface area contributed by atoms with Gasteiger partial charge in [-0.1, -0.05) is 65.9 Å². The summed E-state index contributed by atoms with van der Waals surface area (Å²) in [6.45, 7) is 2.14. The molecular formula is C27H23N3O3S2. The van der Waals surface area contributed by atoms with Gasteiger partial charge in [0.2, 0.25) is 0 Å². The van der Waals surface area contributed by atoms with Crippen molar-refractivity contribution < 1.29 is 14.3 Å². The zero-order chi connectivity index (χ0) is 24.2. The smallest absolute Gasteiger partial charge is 0.308 e. The molecule has 3 aromatic carbocycles. The number of carbonyl (C=O) groups is 2. The molecule has 0 saturated carbocycles. The van der Waals surface area contributed by atoms with E-state index in [-0.39, 0.29) is 13.0 Å². The van der Waals surface area contributed by atoms with E-state index in [1.165, 1.54) is 16.9 Å². The van der Waals surface area contributed by atoms with Gasteiger partial charge in [0.15, 0.2) is 11.7 Å². The first-order valence-corrected chi connectivity index (χ1v) is 12.9. The van der Waals surface area contributed by atoms with Gasteiger partial charge in [-0.25, -0.2) is 4.98 Å². The van der Waals surface area contributed by atoms with Crippen molar-refractivity contribution in [3.05, 3.63) is 83.7 Å². The van der Waals surface area contributed by atoms with Crippen LogP contribution in [0.15, 0.2) is 88.0 Å². The molecule has 0 radical (unpaired) electrons. The molecule has 2 heterocycles. The molecule has 35 heavy (non-hydrogen) atoms. The molecule has 176 valence electrons. The molecule has 1 aliphatic heterocycles. The molecule has 0 atom stereocenters. The first kappa shape index (κ1) is 23.1. The highest BCUT2D eigenvalue weighted by Crippen LogP contribution is 2.47. The largest absolute Gasteiger partial charge is 0.456 e. The van der Waals surface area contributed by atoms with Gasteiger partial charge >= 0.3 is 5.97 Å². The van der Waals surface area contributed by atoms with E-state index in [9.17, 15) is 9.59 Å². The topological polar surface area (TPSA) is 71.5 Å². The number of nitrogens with one attached hydrogen (secondary N) is 1. The van der Waals surface area contributed by atoms with Crippen LogP contribution in [0, 0.1) is 6.92 Å². The van der Waals surface area contributed by atoms with Gasteiger partial charge < -0.3 is 9.64 Å². The summed E-state index contributed by atoms with van der Waals surface area (Å²) >= 11 is 3.06. The summed E-state index contributed by atoms with van der Waals surface area (Å²) in [6.07, 6.45) is 0.162. The number of ether oxygens (including phenoxy) is 1. The maximum atomic E-state index is 12.4. The Morgan fingerprint density at radius 3 is 2.29 bits per heavy atom. The number of carbonyl (C=O) groups excluding carboxylic acids is 2. The van der Waals surface area contributed by atoms with Gasteiger partial charge in [0.25, 0.3) is 5.91 Å². The number of anilines is 3. The van der Waals surface area contributed by atoms with Crippen molar-refractivity contribution in [3.63, 3.8) is 0 Å². The van der Waals surface area contributed by atoms with Crippen molar-refractivity contribution in [2.45, 2.75) is 23.1 Å². The summed E-state index contributed by atoms with van der Waals surface area (Å²) in [6, 6.07) is 24.3. The quantitative estimate of drug-likeness (QED) is 0.300. The molecule has 1 amide bonds. The van der Waals surface area contributed by atoms with E-state index in [1.807, 2.05) is 60.8 Å². The van der Waals surface area contributed by atoms with Crippen LogP contribution in [0.1, 0.15) is 12.0 Å². The second-order valence-electron chi connectivity index (χ2n) is 8.05. The van der Waals surface area contributed by atoms with Crippen LogP contribution in [0.5, 0.6) is 0 Å². The van der Waals surface area contributed by atoms with Crippen LogP contribution < -0.4 is 10.2 Å². The van der Waals surface area contributed by atoms with Gasteiger partial charge in [-0.05, 0) is 31.2 Å². The fraction of sp³-hybridized carbons (Fsp3) is 0.148. The number of hydrogen-bond acceptors (Lipinski definition) is 7. The van der Waals surface area contributed by atoms with E-state index >= 15 is 0 Å². The Kier molecular flexibility index (Phi) is 6.83. The van der Waals surface area contributed by atoms with Crippen LogP contribution in [0.2, 0.25) is 0 Å². The second-order valence-corrected chi connectivity index (χ2v) is 9.99. The van der Waals surface area contributed by atoms with Crippen molar-refractivity contribution in [2.24, 2.45) is 0 Å². The number of nitrogens with zero attached hydrogens (tertiary/aromatic N) is 2. The van der Waals surface area contributed by atoms with Gasteiger partial charge in [0, 0.05) is 27.3 Å². The lowest BCUT2D eigenvalue weighted by Crippen LogP contribution is -2.26. The standard InChI is InChI=1S/C27H23N3O3S2/c1-18-10-12-19(13-11-18)20-17-34-27(28-20)29-25(31)16-33-26(32)14-15-30-21-6-2-4-8-23(21)35-24-9-5-3-7-22(24)30/h2-13,17H,14-16H2,1H3,(H,28,29,31). The minimum atomic E-state index is -0.423. The monoisotopic (exact) mass is 501 g/mol.